The molecule has 1 N–H and O–H groups in total. The van der Waals surface area contributed by atoms with Crippen molar-refractivity contribution in [3.63, 3.8) is 0 Å². The minimum Gasteiger partial charge on any atom is -0.507 e. The van der Waals surface area contributed by atoms with E-state index in [0.717, 1.165) is 66.9 Å². The second-order valence-electron chi connectivity index (χ2n) is 18.0. The number of para-hydroxylation sites is 2. The fraction of sp³-hybridized carbons (Fsp3) is 0.222. The van der Waals surface area contributed by atoms with E-state index in [1.807, 2.05) is 48.7 Å². The fourth-order valence-electron chi connectivity index (χ4n) is 7.62. The highest BCUT2D eigenvalue weighted by Crippen LogP contribution is 2.45. The lowest BCUT2D eigenvalue weighted by Gasteiger charge is -2.40. The number of phenolic OH excluding ortho intramolecular Hbond substituents is 1. The molecule has 0 bridgehead atoms. The molecule has 0 spiro atoms. The first-order chi connectivity index (χ1) is 28.8. The molecule has 0 saturated heterocycles. The normalized spacial score (nSPS) is 13.3. The lowest BCUT2D eigenvalue weighted by atomic mass is 9.65. The van der Waals surface area contributed by atoms with E-state index in [0.29, 0.717) is 17.0 Å². The van der Waals surface area contributed by atoms with Gasteiger partial charge in [0.05, 0.1) is 28.0 Å². The SMILES string of the molecule is [2H]C([2H])([2H])c1ccc(-c2ccnc(-c3cc(-c4cccc5c4nc(-c4ccccc4O)n5-c4ccc(C(C)(C)C(C)(C)C)cc4-c4ccccc4)cc(C(C)(C)C)c3)c2)cc1. The molecule has 2 aromatic heterocycles. The number of hydrogen-bond donors (Lipinski definition) is 1. The van der Waals surface area contributed by atoms with Crippen molar-refractivity contribution >= 4 is 11.0 Å². The molecule has 0 unspecified atom stereocenters. The van der Waals surface area contributed by atoms with Gasteiger partial charge in [0.2, 0.25) is 0 Å². The van der Waals surface area contributed by atoms with Gasteiger partial charge in [-0.2, -0.15) is 0 Å². The molecular formula is C54H53N3O. The molecule has 4 heteroatoms. The number of benzene rings is 6. The quantitative estimate of drug-likeness (QED) is 0.176. The molecule has 0 amide bonds. The smallest absolute Gasteiger partial charge is 0.149 e. The highest BCUT2D eigenvalue weighted by atomic mass is 16.3. The van der Waals surface area contributed by atoms with Crippen molar-refractivity contribution in [1.29, 1.82) is 0 Å². The van der Waals surface area contributed by atoms with E-state index in [4.69, 9.17) is 14.1 Å². The van der Waals surface area contributed by atoms with Gasteiger partial charge in [0.1, 0.15) is 11.6 Å². The van der Waals surface area contributed by atoms with E-state index in [-0.39, 0.29) is 22.0 Å². The molecule has 0 radical (unpaired) electrons. The molecule has 0 saturated carbocycles. The number of rotatable bonds is 7. The molecular weight excluding hydrogens is 707 g/mol. The van der Waals surface area contributed by atoms with Crippen LogP contribution in [-0.2, 0) is 10.8 Å². The van der Waals surface area contributed by atoms with Crippen LogP contribution in [0.5, 0.6) is 5.75 Å². The molecule has 0 aliphatic heterocycles. The molecule has 58 heavy (non-hydrogen) atoms. The molecule has 0 fully saturated rings. The zero-order valence-electron chi connectivity index (χ0n) is 37.7. The van der Waals surface area contributed by atoms with E-state index in [1.165, 1.54) is 5.56 Å². The summed E-state index contributed by atoms with van der Waals surface area (Å²) in [6.07, 6.45) is 1.81. The summed E-state index contributed by atoms with van der Waals surface area (Å²) in [6, 6.07) is 48.8. The number of nitrogens with zero attached hydrogens (tertiary/aromatic N) is 3. The van der Waals surface area contributed by atoms with Crippen molar-refractivity contribution in [3.05, 3.63) is 168 Å². The van der Waals surface area contributed by atoms with Gasteiger partial charge >= 0.3 is 0 Å². The number of aromatic hydroxyl groups is 1. The molecule has 0 atom stereocenters. The third-order valence-corrected chi connectivity index (χ3v) is 12.1. The second-order valence-corrected chi connectivity index (χ2v) is 18.0. The highest BCUT2D eigenvalue weighted by molar-refractivity contribution is 5.97. The maximum absolute atomic E-state index is 11.4. The summed E-state index contributed by atoms with van der Waals surface area (Å²) in [5, 5.41) is 11.4. The van der Waals surface area contributed by atoms with E-state index < -0.39 is 6.85 Å². The van der Waals surface area contributed by atoms with Gasteiger partial charge < -0.3 is 5.11 Å². The molecule has 0 aliphatic carbocycles. The van der Waals surface area contributed by atoms with E-state index in [9.17, 15) is 5.11 Å². The van der Waals surface area contributed by atoms with Crippen LogP contribution >= 0.6 is 0 Å². The number of aryl methyl sites for hydroxylation is 1. The fourth-order valence-corrected chi connectivity index (χ4v) is 7.62. The maximum atomic E-state index is 11.4. The summed E-state index contributed by atoms with van der Waals surface area (Å²) in [5.74, 6) is 0.801. The molecule has 2 heterocycles. The van der Waals surface area contributed by atoms with Crippen molar-refractivity contribution in [2.75, 3.05) is 0 Å². The minimum absolute atomic E-state index is 0.00427. The Morgan fingerprint density at radius 2 is 1.26 bits per heavy atom. The van der Waals surface area contributed by atoms with Gasteiger partial charge in [-0.05, 0) is 111 Å². The van der Waals surface area contributed by atoms with Gasteiger partial charge in [0, 0.05) is 27.0 Å². The first-order valence-electron chi connectivity index (χ1n) is 21.5. The van der Waals surface area contributed by atoms with Gasteiger partial charge in [0.15, 0.2) is 0 Å². The average Bonchev–Trinajstić information content (AvgIpc) is 3.62. The molecule has 4 nitrogen and oxygen atoms in total. The summed E-state index contributed by atoms with van der Waals surface area (Å²) >= 11 is 0. The minimum atomic E-state index is -2.16. The highest BCUT2D eigenvalue weighted by Gasteiger charge is 2.35. The van der Waals surface area contributed by atoms with Gasteiger partial charge in [-0.1, -0.05) is 152 Å². The van der Waals surface area contributed by atoms with Crippen LogP contribution in [-0.4, -0.2) is 19.6 Å². The zero-order chi connectivity index (χ0) is 43.5. The van der Waals surface area contributed by atoms with E-state index in [1.54, 1.807) is 18.2 Å². The van der Waals surface area contributed by atoms with Gasteiger partial charge in [-0.3, -0.25) is 9.55 Å². The van der Waals surface area contributed by atoms with Crippen LogP contribution < -0.4 is 0 Å². The van der Waals surface area contributed by atoms with Crippen molar-refractivity contribution in [3.8, 4) is 67.5 Å². The Morgan fingerprint density at radius 1 is 0.552 bits per heavy atom. The van der Waals surface area contributed by atoms with Crippen LogP contribution in [0, 0.1) is 12.3 Å². The number of pyridine rings is 1. The van der Waals surface area contributed by atoms with Crippen molar-refractivity contribution in [2.45, 2.75) is 73.1 Å². The van der Waals surface area contributed by atoms with Crippen LogP contribution in [0.15, 0.2) is 152 Å². The number of imidazole rings is 1. The third-order valence-electron chi connectivity index (χ3n) is 12.1. The standard InChI is InChI=1S/C54H53N3O/c1-35-22-24-36(25-23-35)38-28-29-55-46(33-38)40-30-39(31-42(32-40)52(2,3)4)43-19-15-20-48-50(43)56-51(44-18-13-14-21-49(44)58)57(48)47-27-26-41(54(8,9)53(5,6)7)34-45(47)37-16-11-10-12-17-37/h10-34,58H,1-9H3/i1D3. The van der Waals surface area contributed by atoms with Gasteiger partial charge in [-0.15, -0.1) is 0 Å². The summed E-state index contributed by atoms with van der Waals surface area (Å²) in [5.41, 5.74) is 13.5. The first kappa shape index (κ1) is 34.9. The van der Waals surface area contributed by atoms with Crippen LogP contribution in [0.25, 0.3) is 72.7 Å². The third kappa shape index (κ3) is 7.13. The molecule has 8 aromatic rings. The van der Waals surface area contributed by atoms with Crippen molar-refractivity contribution in [1.82, 2.24) is 14.5 Å². The number of phenols is 1. The van der Waals surface area contributed by atoms with E-state index in [2.05, 4.69) is 145 Å². The summed E-state index contributed by atoms with van der Waals surface area (Å²) in [6.45, 7) is 16.0. The summed E-state index contributed by atoms with van der Waals surface area (Å²) < 4.78 is 25.7. The average molecular weight is 763 g/mol. The van der Waals surface area contributed by atoms with Gasteiger partial charge in [-0.25, -0.2) is 4.98 Å². The van der Waals surface area contributed by atoms with Crippen LogP contribution in [0.1, 0.15) is 76.2 Å². The Hall–Kier alpha value is -6.26. The molecule has 6 aromatic carbocycles. The first-order valence-corrected chi connectivity index (χ1v) is 20.0. The maximum Gasteiger partial charge on any atom is 0.149 e. The predicted molar refractivity (Wildman–Crippen MR) is 244 cm³/mol. The van der Waals surface area contributed by atoms with E-state index >= 15 is 0 Å². The number of hydrogen-bond acceptors (Lipinski definition) is 3. The van der Waals surface area contributed by atoms with Crippen LogP contribution in [0.2, 0.25) is 0 Å². The van der Waals surface area contributed by atoms with Crippen molar-refractivity contribution in [2.24, 2.45) is 5.41 Å². The van der Waals surface area contributed by atoms with Crippen LogP contribution in [0.4, 0.5) is 0 Å². The summed E-state index contributed by atoms with van der Waals surface area (Å²) in [7, 11) is 0. The Balaban J connectivity index is 1.36. The monoisotopic (exact) mass is 762 g/mol. The second kappa shape index (κ2) is 14.6. The summed E-state index contributed by atoms with van der Waals surface area (Å²) in [4.78, 5) is 10.3. The Kier molecular flexibility index (Phi) is 8.79. The van der Waals surface area contributed by atoms with Crippen LogP contribution in [0.3, 0.4) is 0 Å². The molecule has 8 rings (SSSR count). The Labute approximate surface area is 348 Å². The topological polar surface area (TPSA) is 50.9 Å². The largest absolute Gasteiger partial charge is 0.507 e. The number of fused-ring (bicyclic) bond motifs is 1. The number of aromatic nitrogens is 3. The zero-order valence-corrected chi connectivity index (χ0v) is 34.7. The van der Waals surface area contributed by atoms with Crippen molar-refractivity contribution < 1.29 is 9.22 Å². The Bertz CT molecular complexity index is 2890. The van der Waals surface area contributed by atoms with Gasteiger partial charge in [0.25, 0.3) is 0 Å². The Morgan fingerprint density at radius 3 is 1.97 bits per heavy atom. The lowest BCUT2D eigenvalue weighted by Crippen LogP contribution is -2.34. The molecule has 0 aliphatic rings. The lowest BCUT2D eigenvalue weighted by molar-refractivity contribution is 0.225. The predicted octanol–water partition coefficient (Wildman–Crippen LogP) is 14.4. The molecule has 290 valence electrons.